The molecular formula is C45H67F9N11O3PdS-. The van der Waals surface area contributed by atoms with Gasteiger partial charge in [0.2, 0.25) is 10.0 Å². The van der Waals surface area contributed by atoms with E-state index < -0.39 is 50.5 Å². The average Bonchev–Trinajstić information content (AvgIpc) is 3.29. The summed E-state index contributed by atoms with van der Waals surface area (Å²) in [4.78, 5) is 14.2. The second-order valence-corrected chi connectivity index (χ2v) is 19.6. The number of rotatable bonds is 13. The van der Waals surface area contributed by atoms with E-state index in [1.54, 1.807) is 20.8 Å². The third-order valence-corrected chi connectivity index (χ3v) is 13.6. The predicted molar refractivity (Wildman–Crippen MR) is 250 cm³/mol. The van der Waals surface area contributed by atoms with Crippen LogP contribution in [-0.2, 0) is 49.0 Å². The molecule has 3 aromatic heterocycles. The number of alkyl halides is 9. The number of sulfonamides is 1. The van der Waals surface area contributed by atoms with Crippen molar-refractivity contribution in [3.63, 3.8) is 0 Å². The van der Waals surface area contributed by atoms with Crippen LogP contribution in [0.4, 0.5) is 57.0 Å². The number of azide groups is 1. The van der Waals surface area contributed by atoms with Crippen molar-refractivity contribution in [1.82, 2.24) is 19.7 Å². The number of aromatic nitrogens is 3. The fourth-order valence-electron chi connectivity index (χ4n) is 7.66. The normalized spacial score (nSPS) is 21.5. The second-order valence-electron chi connectivity index (χ2n) is 17.3. The van der Waals surface area contributed by atoms with Gasteiger partial charge in [-0.1, -0.05) is 5.11 Å². The second kappa shape index (κ2) is 30.8. The van der Waals surface area contributed by atoms with Crippen molar-refractivity contribution in [2.24, 2.45) is 28.6 Å². The molecular weight excluding hydrogens is 1050 g/mol. The molecule has 7 N–H and O–H groups in total. The Bertz CT molecular complexity index is 2040. The van der Waals surface area contributed by atoms with Crippen LogP contribution in [0.15, 0.2) is 60.1 Å². The van der Waals surface area contributed by atoms with E-state index in [2.05, 4.69) is 45.7 Å². The topological polar surface area (TPSA) is 216 Å². The number of hydrogen-bond acceptors (Lipinski definition) is 11. The smallest absolute Gasteiger partial charge is 0.397 e. The molecule has 0 spiro atoms. The van der Waals surface area contributed by atoms with Crippen molar-refractivity contribution < 1.29 is 73.5 Å². The van der Waals surface area contributed by atoms with Crippen LogP contribution in [0, 0.1) is 25.2 Å². The van der Waals surface area contributed by atoms with E-state index in [1.807, 2.05) is 0 Å². The molecule has 0 amide bonds. The molecule has 3 aliphatic rings. The monoisotopic (exact) mass is 1120 g/mol. The number of hydrogen-bond donors (Lipinski definition) is 6. The first-order valence-electron chi connectivity index (χ1n) is 22.7. The molecule has 3 aliphatic carbocycles. The molecule has 6 rings (SSSR count). The number of pyridine rings is 3. The summed E-state index contributed by atoms with van der Waals surface area (Å²) in [5.74, 6) is 2.66. The number of aliphatic hydroxyl groups excluding tert-OH is 1. The van der Waals surface area contributed by atoms with Crippen molar-refractivity contribution in [2.75, 3.05) is 42.2 Å². The van der Waals surface area contributed by atoms with E-state index in [0.29, 0.717) is 48.9 Å². The van der Waals surface area contributed by atoms with Crippen LogP contribution in [0.3, 0.4) is 0 Å². The number of nitrogens with two attached hydrogens (primary N) is 1. The molecule has 0 aromatic carbocycles. The molecule has 0 unspecified atom stereocenters. The van der Waals surface area contributed by atoms with Gasteiger partial charge in [0.15, 0.2) is 0 Å². The van der Waals surface area contributed by atoms with Gasteiger partial charge >= 0.3 is 18.5 Å². The van der Waals surface area contributed by atoms with Gasteiger partial charge in [-0.25, -0.2) is 28.1 Å². The first-order chi connectivity index (χ1) is 32.0. The minimum atomic E-state index is -4.38. The first-order valence-corrected chi connectivity index (χ1v) is 24.2. The van der Waals surface area contributed by atoms with Crippen LogP contribution in [0.2, 0.25) is 0 Å². The molecule has 400 valence electrons. The van der Waals surface area contributed by atoms with Crippen LogP contribution >= 0.6 is 0 Å². The molecule has 3 saturated carbocycles. The summed E-state index contributed by atoms with van der Waals surface area (Å²) < 4.78 is 138. The summed E-state index contributed by atoms with van der Waals surface area (Å²) in [5, 5.41) is 20.2. The Balaban J connectivity index is 0.000000507. The summed E-state index contributed by atoms with van der Waals surface area (Å²) in [6.07, 6.45) is 0.641. The molecule has 0 aliphatic heterocycles. The Morgan fingerprint density at radius 2 is 0.971 bits per heavy atom. The summed E-state index contributed by atoms with van der Waals surface area (Å²) in [7, 11) is -3.24. The summed E-state index contributed by atoms with van der Waals surface area (Å²) in [6, 6.07) is 7.81. The number of nitrogens with one attached hydrogen (secondary N) is 4. The van der Waals surface area contributed by atoms with Gasteiger partial charge in [-0.05, 0) is 164 Å². The fourth-order valence-corrected chi connectivity index (χ4v) is 8.46. The maximum Gasteiger partial charge on any atom is 0.417 e. The van der Waals surface area contributed by atoms with E-state index in [0.717, 1.165) is 114 Å². The largest absolute Gasteiger partial charge is 0.417 e. The minimum absolute atomic E-state index is 0. The molecule has 25 heteroatoms. The SMILES string of the molecule is CC(C)S(=O)(=O)NCC1CCC(Nc2ccc(C(F)(F)F)cn2)CC1.CCO.NCC1CCC(Nc2ccc(C(F)(F)F)cn2)CC1.[CH3-].[N-]=[N+]=NCC1CCC(Nc2ccc(C(F)(F)F)cn2)CC1.[Pd]. The van der Waals surface area contributed by atoms with Gasteiger partial charge in [0.25, 0.3) is 0 Å². The molecule has 0 atom stereocenters. The number of halogens is 9. The Hall–Kier alpha value is -3.98. The molecule has 70 heavy (non-hydrogen) atoms. The van der Waals surface area contributed by atoms with Crippen molar-refractivity contribution >= 4 is 27.5 Å². The maximum atomic E-state index is 12.5. The van der Waals surface area contributed by atoms with E-state index in [1.165, 1.54) is 18.2 Å². The van der Waals surface area contributed by atoms with Crippen LogP contribution < -0.4 is 26.4 Å². The van der Waals surface area contributed by atoms with E-state index >= 15 is 0 Å². The number of anilines is 3. The fraction of sp³-hybridized carbons (Fsp3) is 0.644. The van der Waals surface area contributed by atoms with Crippen LogP contribution in [0.25, 0.3) is 10.4 Å². The molecule has 3 fully saturated rings. The Morgan fingerprint density at radius 3 is 1.23 bits per heavy atom. The van der Waals surface area contributed by atoms with Crippen molar-refractivity contribution in [3.05, 3.63) is 89.5 Å². The van der Waals surface area contributed by atoms with Crippen LogP contribution in [0.1, 0.15) is 115 Å². The quantitative estimate of drug-likeness (QED) is 0.0238. The Kier molecular flexibility index (Phi) is 28.2. The summed E-state index contributed by atoms with van der Waals surface area (Å²) >= 11 is 0. The van der Waals surface area contributed by atoms with Gasteiger partial charge in [0.05, 0.1) is 21.9 Å². The predicted octanol–water partition coefficient (Wildman–Crippen LogP) is 11.3. The summed E-state index contributed by atoms with van der Waals surface area (Å²) in [5.41, 5.74) is 11.7. The van der Waals surface area contributed by atoms with Crippen molar-refractivity contribution in [3.8, 4) is 0 Å². The van der Waals surface area contributed by atoms with Crippen molar-refractivity contribution in [1.29, 1.82) is 0 Å². The summed E-state index contributed by atoms with van der Waals surface area (Å²) in [6.45, 7) is 6.87. The van der Waals surface area contributed by atoms with Gasteiger partial charge in [-0.15, -0.1) is 0 Å². The number of aliphatic hydroxyl groups is 1. The van der Waals surface area contributed by atoms with E-state index in [4.69, 9.17) is 16.4 Å². The van der Waals surface area contributed by atoms with Gasteiger partial charge < -0.3 is 34.2 Å². The van der Waals surface area contributed by atoms with Gasteiger partial charge in [-0.3, -0.25) is 0 Å². The Labute approximate surface area is 419 Å². The maximum absolute atomic E-state index is 12.5. The zero-order valence-corrected chi connectivity index (χ0v) is 42.1. The molecule has 14 nitrogen and oxygen atoms in total. The average molecular weight is 1120 g/mol. The minimum Gasteiger partial charge on any atom is -0.397 e. The Morgan fingerprint density at radius 1 is 0.657 bits per heavy atom. The van der Waals surface area contributed by atoms with Crippen LogP contribution in [0.5, 0.6) is 0 Å². The van der Waals surface area contributed by atoms with Crippen molar-refractivity contribution in [2.45, 2.75) is 140 Å². The zero-order chi connectivity index (χ0) is 50.5. The third kappa shape index (κ3) is 23.5. The van der Waals surface area contributed by atoms with Crippen LogP contribution in [-0.4, -0.2) is 78.1 Å². The molecule has 3 heterocycles. The molecule has 0 saturated heterocycles. The standard InChI is InChI=1S/C16H24F3N3O2S.C13H16F3N5.C13H18F3N3.C2H6O.CH3.Pd/c1-11(2)25(23,24)21-9-12-3-6-14(7-4-12)22-15-8-5-13(10-20-15)16(17,18)19;14-13(15,16)10-3-6-12(18-8-10)20-11-4-1-9(2-5-11)7-19-21-17;14-13(15,16)10-3-6-12(18-8-10)19-11-4-1-9(7-17)2-5-11;1-2-3;;/h5,8,10-12,14,21H,3-4,6-7,9H2,1-2H3,(H,20,22);3,6,8-9,11H,1-2,4-5,7H2,(H,18,20);3,6,8-9,11H,1-2,4-5,7,17H2,(H,18,19);3H,2H2,1H3;1H3;/q;;;;-1;. The van der Waals surface area contributed by atoms with Gasteiger partial charge in [0, 0.05) is 81.7 Å². The zero-order valence-electron chi connectivity index (χ0n) is 39.7. The first kappa shape index (κ1) is 64.0. The molecule has 0 radical (unpaired) electrons. The van der Waals surface area contributed by atoms with Gasteiger partial charge in [0.1, 0.15) is 17.5 Å². The molecule has 3 aromatic rings. The third-order valence-electron chi connectivity index (χ3n) is 11.8. The van der Waals surface area contributed by atoms with Gasteiger partial charge in [-0.2, -0.15) is 39.5 Å². The van der Waals surface area contributed by atoms with E-state index in [-0.39, 0.29) is 58.5 Å². The van der Waals surface area contributed by atoms with E-state index in [9.17, 15) is 47.9 Å². The number of nitrogens with zero attached hydrogens (tertiary/aromatic N) is 6. The molecule has 0 bridgehead atoms.